The highest BCUT2D eigenvalue weighted by molar-refractivity contribution is 9.10. The highest BCUT2D eigenvalue weighted by atomic mass is 79.9. The van der Waals surface area contributed by atoms with Gasteiger partial charge in [0, 0.05) is 29.3 Å². The first-order valence-electron chi connectivity index (χ1n) is 6.72. The van der Waals surface area contributed by atoms with Crippen LogP contribution >= 0.6 is 15.9 Å². The smallest absolute Gasteiger partial charge is 0.120 e. The van der Waals surface area contributed by atoms with Gasteiger partial charge in [-0.2, -0.15) is 5.10 Å². The minimum absolute atomic E-state index is 0.180. The van der Waals surface area contributed by atoms with E-state index in [9.17, 15) is 0 Å². The van der Waals surface area contributed by atoms with Crippen LogP contribution < -0.4 is 10.5 Å². The molecule has 1 aromatic heterocycles. The number of benzene rings is 1. The molecular formula is C15H20BrN3O. The largest absolute Gasteiger partial charge is 0.489 e. The minimum Gasteiger partial charge on any atom is -0.489 e. The standard InChI is InChI=1S/C15H20BrN3O/c1-3-13(17)6-12-7-14(4-5-15(12)16)20-10-11-8-18-19(2)9-11/h4-5,7-9,13H,3,6,10,17H2,1-2H3. The van der Waals surface area contributed by atoms with Crippen LogP contribution in [-0.2, 0) is 20.1 Å². The molecule has 0 fully saturated rings. The molecule has 1 unspecified atom stereocenters. The van der Waals surface area contributed by atoms with E-state index in [1.807, 2.05) is 31.6 Å². The number of aromatic nitrogens is 2. The Kier molecular flexibility index (Phi) is 5.20. The summed E-state index contributed by atoms with van der Waals surface area (Å²) in [5.41, 5.74) is 8.26. The van der Waals surface area contributed by atoms with Crippen molar-refractivity contribution in [2.45, 2.75) is 32.4 Å². The summed E-state index contributed by atoms with van der Waals surface area (Å²) in [4.78, 5) is 0. The molecule has 0 saturated carbocycles. The molecular weight excluding hydrogens is 318 g/mol. The number of aryl methyl sites for hydroxylation is 1. The monoisotopic (exact) mass is 337 g/mol. The van der Waals surface area contributed by atoms with Crippen LogP contribution in [0.4, 0.5) is 0 Å². The van der Waals surface area contributed by atoms with Crippen LogP contribution in [0.15, 0.2) is 35.1 Å². The van der Waals surface area contributed by atoms with E-state index in [1.54, 1.807) is 4.68 Å². The molecule has 0 amide bonds. The molecule has 1 atom stereocenters. The topological polar surface area (TPSA) is 53.1 Å². The quantitative estimate of drug-likeness (QED) is 0.881. The second kappa shape index (κ2) is 6.90. The highest BCUT2D eigenvalue weighted by Gasteiger charge is 2.07. The molecule has 1 aromatic carbocycles. The SMILES string of the molecule is CCC(N)Cc1cc(OCc2cnn(C)c2)ccc1Br. The summed E-state index contributed by atoms with van der Waals surface area (Å²) >= 11 is 3.56. The number of ether oxygens (including phenoxy) is 1. The van der Waals surface area contributed by atoms with Crippen molar-refractivity contribution in [2.75, 3.05) is 0 Å². The van der Waals surface area contributed by atoms with Gasteiger partial charge in [-0.05, 0) is 36.6 Å². The molecule has 20 heavy (non-hydrogen) atoms. The van der Waals surface area contributed by atoms with E-state index < -0.39 is 0 Å². The van der Waals surface area contributed by atoms with Gasteiger partial charge >= 0.3 is 0 Å². The van der Waals surface area contributed by atoms with Gasteiger partial charge < -0.3 is 10.5 Å². The fourth-order valence-corrected chi connectivity index (χ4v) is 2.35. The summed E-state index contributed by atoms with van der Waals surface area (Å²) in [6, 6.07) is 6.20. The maximum Gasteiger partial charge on any atom is 0.120 e. The molecule has 2 aromatic rings. The summed E-state index contributed by atoms with van der Waals surface area (Å²) in [7, 11) is 1.90. The van der Waals surface area contributed by atoms with Gasteiger partial charge in [0.05, 0.1) is 6.20 Å². The Morgan fingerprint density at radius 3 is 2.90 bits per heavy atom. The van der Waals surface area contributed by atoms with Gasteiger partial charge in [-0.15, -0.1) is 0 Å². The van der Waals surface area contributed by atoms with E-state index in [1.165, 1.54) is 5.56 Å². The average Bonchev–Trinajstić information content (AvgIpc) is 2.85. The second-order valence-corrected chi connectivity index (χ2v) is 5.79. The predicted octanol–water partition coefficient (Wildman–Crippen LogP) is 3.04. The lowest BCUT2D eigenvalue weighted by atomic mass is 10.0. The molecule has 2 rings (SSSR count). The van der Waals surface area contributed by atoms with Crippen LogP contribution in [0, 0.1) is 0 Å². The van der Waals surface area contributed by atoms with Crippen LogP contribution in [0.1, 0.15) is 24.5 Å². The van der Waals surface area contributed by atoms with E-state index >= 15 is 0 Å². The molecule has 0 saturated heterocycles. The lowest BCUT2D eigenvalue weighted by Gasteiger charge is -2.12. The van der Waals surface area contributed by atoms with Crippen LogP contribution in [0.2, 0.25) is 0 Å². The summed E-state index contributed by atoms with van der Waals surface area (Å²) < 4.78 is 8.65. The van der Waals surface area contributed by atoms with Crippen molar-refractivity contribution in [3.63, 3.8) is 0 Å². The second-order valence-electron chi connectivity index (χ2n) is 4.94. The fourth-order valence-electron chi connectivity index (χ4n) is 1.94. The summed E-state index contributed by atoms with van der Waals surface area (Å²) in [5, 5.41) is 4.12. The third-order valence-corrected chi connectivity index (χ3v) is 3.96. The van der Waals surface area contributed by atoms with Gasteiger partial charge in [-0.1, -0.05) is 22.9 Å². The van der Waals surface area contributed by atoms with Gasteiger partial charge in [0.2, 0.25) is 0 Å². The average molecular weight is 338 g/mol. The fraction of sp³-hybridized carbons (Fsp3) is 0.400. The van der Waals surface area contributed by atoms with E-state index in [2.05, 4.69) is 34.0 Å². The summed E-state index contributed by atoms with van der Waals surface area (Å²) in [6.45, 7) is 2.62. The number of hydrogen-bond acceptors (Lipinski definition) is 3. The molecule has 1 heterocycles. The number of halogens is 1. The van der Waals surface area contributed by atoms with Crippen molar-refractivity contribution in [1.29, 1.82) is 0 Å². The molecule has 0 aliphatic carbocycles. The number of nitrogens with two attached hydrogens (primary N) is 1. The molecule has 108 valence electrons. The Morgan fingerprint density at radius 1 is 1.45 bits per heavy atom. The van der Waals surface area contributed by atoms with Gasteiger partial charge in [0.25, 0.3) is 0 Å². The molecule has 0 bridgehead atoms. The van der Waals surface area contributed by atoms with Gasteiger partial charge in [-0.3, -0.25) is 4.68 Å². The predicted molar refractivity (Wildman–Crippen MR) is 83.7 cm³/mol. The van der Waals surface area contributed by atoms with Crippen LogP contribution in [0.25, 0.3) is 0 Å². The van der Waals surface area contributed by atoms with Crippen LogP contribution in [0.3, 0.4) is 0 Å². The Morgan fingerprint density at radius 2 is 2.25 bits per heavy atom. The molecule has 5 heteroatoms. The maximum absolute atomic E-state index is 6.02. The maximum atomic E-state index is 6.02. The first-order chi connectivity index (χ1) is 9.58. The summed E-state index contributed by atoms with van der Waals surface area (Å²) in [6.07, 6.45) is 5.58. The first kappa shape index (κ1) is 15.1. The lowest BCUT2D eigenvalue weighted by Crippen LogP contribution is -2.21. The number of hydrogen-bond donors (Lipinski definition) is 1. The van der Waals surface area contributed by atoms with E-state index in [-0.39, 0.29) is 6.04 Å². The Balaban J connectivity index is 2.03. The lowest BCUT2D eigenvalue weighted by molar-refractivity contribution is 0.305. The van der Waals surface area contributed by atoms with Crippen molar-refractivity contribution in [3.05, 3.63) is 46.2 Å². The zero-order valence-corrected chi connectivity index (χ0v) is 13.4. The zero-order valence-electron chi connectivity index (χ0n) is 11.8. The third-order valence-electron chi connectivity index (χ3n) is 3.19. The Hall–Kier alpha value is -1.33. The van der Waals surface area contributed by atoms with Crippen LogP contribution in [-0.4, -0.2) is 15.8 Å². The number of rotatable bonds is 6. The van der Waals surface area contributed by atoms with Crippen LogP contribution in [0.5, 0.6) is 5.75 Å². The minimum atomic E-state index is 0.180. The first-order valence-corrected chi connectivity index (χ1v) is 7.52. The molecule has 0 aliphatic rings. The zero-order chi connectivity index (χ0) is 14.5. The van der Waals surface area contributed by atoms with Crippen molar-refractivity contribution in [3.8, 4) is 5.75 Å². The van der Waals surface area contributed by atoms with Crippen molar-refractivity contribution < 1.29 is 4.74 Å². The van der Waals surface area contributed by atoms with Crippen molar-refractivity contribution >= 4 is 15.9 Å². The van der Waals surface area contributed by atoms with Crippen molar-refractivity contribution in [1.82, 2.24) is 9.78 Å². The molecule has 0 spiro atoms. The van der Waals surface area contributed by atoms with Gasteiger partial charge in [0.15, 0.2) is 0 Å². The molecule has 0 radical (unpaired) electrons. The van der Waals surface area contributed by atoms with E-state index in [0.29, 0.717) is 6.61 Å². The van der Waals surface area contributed by atoms with E-state index in [4.69, 9.17) is 10.5 Å². The summed E-state index contributed by atoms with van der Waals surface area (Å²) in [5.74, 6) is 0.857. The van der Waals surface area contributed by atoms with E-state index in [0.717, 1.165) is 28.6 Å². The molecule has 0 aliphatic heterocycles. The molecule has 2 N–H and O–H groups in total. The Labute approximate surface area is 128 Å². The highest BCUT2D eigenvalue weighted by Crippen LogP contribution is 2.24. The third kappa shape index (κ3) is 4.08. The Bertz CT molecular complexity index is 568. The molecule has 4 nitrogen and oxygen atoms in total. The number of nitrogens with zero attached hydrogens (tertiary/aromatic N) is 2. The van der Waals surface area contributed by atoms with Gasteiger partial charge in [-0.25, -0.2) is 0 Å². The van der Waals surface area contributed by atoms with Gasteiger partial charge in [0.1, 0.15) is 12.4 Å². The van der Waals surface area contributed by atoms with Crippen molar-refractivity contribution in [2.24, 2.45) is 12.8 Å². The normalized spacial score (nSPS) is 12.4.